The first-order valence-electron chi connectivity index (χ1n) is 6.58. The summed E-state index contributed by atoms with van der Waals surface area (Å²) in [7, 11) is 1.58. The third kappa shape index (κ3) is 3.84. The van der Waals surface area contributed by atoms with Crippen LogP contribution in [0.5, 0.6) is 5.75 Å². The van der Waals surface area contributed by atoms with E-state index >= 15 is 0 Å². The van der Waals surface area contributed by atoms with Gasteiger partial charge in [-0.25, -0.2) is 0 Å². The van der Waals surface area contributed by atoms with Crippen LogP contribution in [0.4, 0.5) is 0 Å². The first kappa shape index (κ1) is 14.1. The second-order valence-corrected chi connectivity index (χ2v) is 4.45. The Kier molecular flexibility index (Phi) is 5.15. The molecule has 0 spiro atoms. The number of methoxy groups -OCH3 is 1. The molecule has 0 radical (unpaired) electrons. The summed E-state index contributed by atoms with van der Waals surface area (Å²) in [5, 5.41) is 16.5. The minimum atomic E-state index is 0.565. The van der Waals surface area contributed by atoms with Crippen LogP contribution in [-0.4, -0.2) is 23.4 Å². The molecule has 0 fully saturated rings. The Morgan fingerprint density at radius 1 is 1.45 bits per heavy atom. The molecule has 0 aliphatic heterocycles. The van der Waals surface area contributed by atoms with E-state index in [1.54, 1.807) is 19.4 Å². The number of benzene rings is 1. The Morgan fingerprint density at radius 2 is 2.35 bits per heavy atom. The number of ether oxygens (including phenoxy) is 1. The normalized spacial score (nSPS) is 10.2. The zero-order valence-corrected chi connectivity index (χ0v) is 11.5. The van der Waals surface area contributed by atoms with Gasteiger partial charge in [-0.2, -0.15) is 10.4 Å². The Labute approximate surface area is 118 Å². The summed E-state index contributed by atoms with van der Waals surface area (Å²) in [4.78, 5) is 0. The third-order valence-corrected chi connectivity index (χ3v) is 3.02. The van der Waals surface area contributed by atoms with Crippen molar-refractivity contribution in [2.24, 2.45) is 0 Å². The lowest BCUT2D eigenvalue weighted by molar-refractivity contribution is 0.412. The summed E-state index contributed by atoms with van der Waals surface area (Å²) >= 11 is 0. The first-order valence-corrected chi connectivity index (χ1v) is 6.58. The fraction of sp³-hybridized carbons (Fsp3) is 0.333. The molecule has 0 saturated carbocycles. The van der Waals surface area contributed by atoms with Crippen molar-refractivity contribution < 1.29 is 4.74 Å². The first-order chi connectivity index (χ1) is 9.83. The maximum atomic E-state index is 8.92. The summed E-state index contributed by atoms with van der Waals surface area (Å²) in [6, 6.07) is 9.68. The molecule has 5 nitrogen and oxygen atoms in total. The molecule has 5 heteroatoms. The maximum Gasteiger partial charge on any atom is 0.136 e. The van der Waals surface area contributed by atoms with Gasteiger partial charge >= 0.3 is 0 Å². The van der Waals surface area contributed by atoms with Gasteiger partial charge in [0.25, 0.3) is 0 Å². The molecule has 0 amide bonds. The van der Waals surface area contributed by atoms with Gasteiger partial charge in [0.2, 0.25) is 0 Å². The van der Waals surface area contributed by atoms with Gasteiger partial charge in [-0.15, -0.1) is 0 Å². The average molecular weight is 270 g/mol. The largest absolute Gasteiger partial charge is 0.495 e. The number of hydrogen-bond acceptors (Lipinski definition) is 4. The number of nitrogens with one attached hydrogen (secondary N) is 1. The van der Waals surface area contributed by atoms with Gasteiger partial charge in [0.1, 0.15) is 11.8 Å². The minimum absolute atomic E-state index is 0.565. The van der Waals surface area contributed by atoms with Crippen molar-refractivity contribution in [1.29, 1.82) is 5.26 Å². The van der Waals surface area contributed by atoms with Gasteiger partial charge < -0.3 is 10.1 Å². The Morgan fingerprint density at radius 3 is 3.05 bits per heavy atom. The van der Waals surface area contributed by atoms with Crippen molar-refractivity contribution in [3.8, 4) is 11.8 Å². The fourth-order valence-corrected chi connectivity index (χ4v) is 1.97. The maximum absolute atomic E-state index is 8.92. The fourth-order valence-electron chi connectivity index (χ4n) is 1.97. The zero-order valence-electron chi connectivity index (χ0n) is 11.5. The molecule has 0 saturated heterocycles. The van der Waals surface area contributed by atoms with Crippen molar-refractivity contribution in [1.82, 2.24) is 15.1 Å². The summed E-state index contributed by atoms with van der Waals surface area (Å²) < 4.78 is 7.11. The van der Waals surface area contributed by atoms with Crippen LogP contribution in [0.25, 0.3) is 0 Å². The van der Waals surface area contributed by atoms with Gasteiger partial charge in [0.05, 0.1) is 12.7 Å². The summed E-state index contributed by atoms with van der Waals surface area (Å²) in [6.07, 6.45) is 4.77. The van der Waals surface area contributed by atoms with E-state index in [9.17, 15) is 0 Å². The van der Waals surface area contributed by atoms with E-state index in [0.717, 1.165) is 31.6 Å². The van der Waals surface area contributed by atoms with Crippen molar-refractivity contribution in [2.75, 3.05) is 13.7 Å². The van der Waals surface area contributed by atoms with E-state index in [0.29, 0.717) is 11.3 Å². The van der Waals surface area contributed by atoms with Gasteiger partial charge in [0.15, 0.2) is 0 Å². The molecule has 0 unspecified atom stereocenters. The van der Waals surface area contributed by atoms with Crippen molar-refractivity contribution >= 4 is 0 Å². The highest BCUT2D eigenvalue weighted by molar-refractivity contribution is 5.45. The summed E-state index contributed by atoms with van der Waals surface area (Å²) in [5.41, 5.74) is 1.68. The number of hydrogen-bond donors (Lipinski definition) is 1. The molecular formula is C15H18N4O. The molecule has 0 atom stereocenters. The highest BCUT2D eigenvalue weighted by atomic mass is 16.5. The van der Waals surface area contributed by atoms with Crippen LogP contribution >= 0.6 is 0 Å². The topological polar surface area (TPSA) is 62.9 Å². The van der Waals surface area contributed by atoms with Crippen LogP contribution in [0.1, 0.15) is 17.5 Å². The van der Waals surface area contributed by atoms with E-state index in [4.69, 9.17) is 10.00 Å². The van der Waals surface area contributed by atoms with Crippen LogP contribution in [0, 0.1) is 11.3 Å². The van der Waals surface area contributed by atoms with Crippen molar-refractivity contribution in [3.63, 3.8) is 0 Å². The predicted octanol–water partition coefficient (Wildman–Crippen LogP) is 1.94. The molecule has 1 aromatic heterocycles. The monoisotopic (exact) mass is 270 g/mol. The number of nitrogens with zero attached hydrogens (tertiary/aromatic N) is 3. The molecule has 2 aromatic rings. The Bertz CT molecular complexity index is 572. The van der Waals surface area contributed by atoms with Crippen LogP contribution in [0.2, 0.25) is 0 Å². The molecule has 1 aromatic carbocycles. The summed E-state index contributed by atoms with van der Waals surface area (Å²) in [6.45, 7) is 2.60. The van der Waals surface area contributed by atoms with Gasteiger partial charge in [-0.05, 0) is 36.7 Å². The second-order valence-electron chi connectivity index (χ2n) is 4.45. The quantitative estimate of drug-likeness (QED) is 0.781. The highest BCUT2D eigenvalue weighted by Gasteiger charge is 2.03. The molecule has 0 aliphatic carbocycles. The molecule has 20 heavy (non-hydrogen) atoms. The second kappa shape index (κ2) is 7.31. The number of nitriles is 1. The molecule has 104 valence electrons. The lowest BCUT2D eigenvalue weighted by atomic mass is 10.1. The van der Waals surface area contributed by atoms with Crippen LogP contribution < -0.4 is 10.1 Å². The zero-order chi connectivity index (χ0) is 14.2. The average Bonchev–Trinajstić information content (AvgIpc) is 3.00. The lowest BCUT2D eigenvalue weighted by Crippen LogP contribution is -2.16. The number of rotatable bonds is 7. The standard InChI is InChI=1S/C15H18N4O/c1-20-15-10-13(4-5-14(15)11-16)12-17-6-2-8-19-9-3-7-18-19/h3-5,7,9-10,17H,2,6,8,12H2,1H3. The van der Waals surface area contributed by atoms with Gasteiger partial charge in [0, 0.05) is 25.5 Å². The van der Waals surface area contributed by atoms with E-state index in [1.165, 1.54) is 0 Å². The van der Waals surface area contributed by atoms with Crippen molar-refractivity contribution in [3.05, 3.63) is 47.8 Å². The molecule has 0 bridgehead atoms. The highest BCUT2D eigenvalue weighted by Crippen LogP contribution is 2.18. The van der Waals surface area contributed by atoms with Gasteiger partial charge in [-0.3, -0.25) is 4.68 Å². The Hall–Kier alpha value is -2.32. The third-order valence-electron chi connectivity index (χ3n) is 3.02. The van der Waals surface area contributed by atoms with E-state index < -0.39 is 0 Å². The van der Waals surface area contributed by atoms with Crippen molar-refractivity contribution in [2.45, 2.75) is 19.5 Å². The SMILES string of the molecule is COc1cc(CNCCCn2cccn2)ccc1C#N. The predicted molar refractivity (Wildman–Crippen MR) is 76.3 cm³/mol. The van der Waals surface area contributed by atoms with E-state index in [-0.39, 0.29) is 0 Å². The smallest absolute Gasteiger partial charge is 0.136 e. The lowest BCUT2D eigenvalue weighted by Gasteiger charge is -2.08. The van der Waals surface area contributed by atoms with E-state index in [2.05, 4.69) is 16.5 Å². The Balaban J connectivity index is 1.75. The van der Waals surface area contributed by atoms with Crippen LogP contribution in [-0.2, 0) is 13.1 Å². The van der Waals surface area contributed by atoms with Crippen LogP contribution in [0.3, 0.4) is 0 Å². The number of aryl methyl sites for hydroxylation is 1. The summed E-state index contributed by atoms with van der Waals surface area (Å²) in [5.74, 6) is 0.628. The molecule has 0 aliphatic rings. The molecule has 2 rings (SSSR count). The number of aromatic nitrogens is 2. The van der Waals surface area contributed by atoms with E-state index in [1.807, 2.05) is 29.1 Å². The molecule has 1 N–H and O–H groups in total. The van der Waals surface area contributed by atoms with Gasteiger partial charge in [-0.1, -0.05) is 6.07 Å². The molecule has 1 heterocycles. The minimum Gasteiger partial charge on any atom is -0.495 e. The van der Waals surface area contributed by atoms with Crippen LogP contribution in [0.15, 0.2) is 36.7 Å². The molecular weight excluding hydrogens is 252 g/mol.